The maximum Gasteiger partial charge on any atom is 0.344 e. The smallest absolute Gasteiger partial charge is 0.344 e. The Morgan fingerprint density at radius 2 is 1.96 bits per heavy atom. The Balaban J connectivity index is 1.70. The first kappa shape index (κ1) is 15.2. The summed E-state index contributed by atoms with van der Waals surface area (Å²) in [5.74, 6) is 1.66. The first-order chi connectivity index (χ1) is 12.7. The van der Waals surface area contributed by atoms with Crippen LogP contribution in [-0.4, -0.2) is 11.6 Å². The molecule has 0 saturated carbocycles. The Kier molecular flexibility index (Phi) is 3.36. The van der Waals surface area contributed by atoms with Crippen LogP contribution >= 0.6 is 0 Å². The molecule has 130 valence electrons. The molecule has 0 atom stereocenters. The molecule has 0 aliphatic carbocycles. The minimum absolute atomic E-state index is 0.316. The molecule has 1 aliphatic rings. The molecule has 0 spiro atoms. The summed E-state index contributed by atoms with van der Waals surface area (Å²) >= 11 is 0. The average Bonchev–Trinajstić information content (AvgIpc) is 3.15. The highest BCUT2D eigenvalue weighted by atomic mass is 16.5. The second-order valence-corrected chi connectivity index (χ2v) is 6.65. The largest absolute Gasteiger partial charge is 0.478 e. The minimum atomic E-state index is -0.316. The number of aryl methyl sites for hydroxylation is 1. The van der Waals surface area contributed by atoms with Gasteiger partial charge >= 0.3 is 5.63 Å². The quantitative estimate of drug-likeness (QED) is 0.402. The van der Waals surface area contributed by atoms with Gasteiger partial charge in [0.25, 0.3) is 0 Å². The van der Waals surface area contributed by atoms with Crippen LogP contribution in [0.15, 0.2) is 62.4 Å². The van der Waals surface area contributed by atoms with E-state index >= 15 is 0 Å². The number of rotatable bonds is 2. The van der Waals surface area contributed by atoms with Gasteiger partial charge in [-0.05, 0) is 36.8 Å². The molecule has 0 amide bonds. The lowest BCUT2D eigenvalue weighted by Crippen LogP contribution is -2.31. The monoisotopic (exact) mass is 347 g/mol. The zero-order valence-electron chi connectivity index (χ0n) is 14.3. The van der Waals surface area contributed by atoms with Crippen molar-refractivity contribution in [1.29, 1.82) is 0 Å². The molecule has 5 heteroatoms. The maximum absolute atomic E-state index is 12.5. The van der Waals surface area contributed by atoms with Gasteiger partial charge in [-0.2, -0.15) is 0 Å². The van der Waals surface area contributed by atoms with Gasteiger partial charge in [0, 0.05) is 17.3 Å². The van der Waals surface area contributed by atoms with Crippen molar-refractivity contribution in [2.45, 2.75) is 20.0 Å². The van der Waals surface area contributed by atoms with Gasteiger partial charge in [0.15, 0.2) is 0 Å². The van der Waals surface area contributed by atoms with E-state index in [4.69, 9.17) is 13.6 Å². The van der Waals surface area contributed by atoms with Crippen LogP contribution < -0.4 is 10.4 Å². The summed E-state index contributed by atoms with van der Waals surface area (Å²) in [4.78, 5) is 14.6. The van der Waals surface area contributed by atoms with E-state index in [2.05, 4.69) is 4.90 Å². The number of ether oxygens (including phenoxy) is 1. The summed E-state index contributed by atoms with van der Waals surface area (Å²) in [6.07, 6.45) is 1.66. The number of furan rings is 1. The molecule has 26 heavy (non-hydrogen) atoms. The highest BCUT2D eigenvalue weighted by Crippen LogP contribution is 2.37. The molecular weight excluding hydrogens is 330 g/mol. The molecular formula is C21H17NO4. The normalized spacial score (nSPS) is 14.5. The highest BCUT2D eigenvalue weighted by molar-refractivity contribution is 6.07. The highest BCUT2D eigenvalue weighted by Gasteiger charge is 2.24. The third-order valence-electron chi connectivity index (χ3n) is 4.90. The molecule has 5 nitrogen and oxygen atoms in total. The van der Waals surface area contributed by atoms with E-state index in [1.807, 2.05) is 43.3 Å². The SMILES string of the molecule is Cc1cc2c(c3oc(=O)c4ccccc4c13)CN(Cc1ccco1)CO2. The lowest BCUT2D eigenvalue weighted by molar-refractivity contribution is 0.0825. The van der Waals surface area contributed by atoms with Crippen molar-refractivity contribution >= 4 is 21.7 Å². The van der Waals surface area contributed by atoms with Crippen LogP contribution in [0.1, 0.15) is 16.9 Å². The molecule has 5 rings (SSSR count). The zero-order chi connectivity index (χ0) is 17.7. The van der Waals surface area contributed by atoms with Crippen LogP contribution in [0.2, 0.25) is 0 Å². The van der Waals surface area contributed by atoms with Gasteiger partial charge in [0.2, 0.25) is 0 Å². The molecule has 4 aromatic rings. The van der Waals surface area contributed by atoms with Crippen molar-refractivity contribution in [2.75, 3.05) is 6.73 Å². The van der Waals surface area contributed by atoms with Gasteiger partial charge < -0.3 is 13.6 Å². The van der Waals surface area contributed by atoms with Crippen LogP contribution in [0.3, 0.4) is 0 Å². The topological polar surface area (TPSA) is 55.8 Å². The van der Waals surface area contributed by atoms with E-state index < -0.39 is 0 Å². The molecule has 2 aromatic heterocycles. The van der Waals surface area contributed by atoms with Gasteiger partial charge in [-0.1, -0.05) is 18.2 Å². The Morgan fingerprint density at radius 1 is 1.12 bits per heavy atom. The third kappa shape index (κ3) is 2.32. The first-order valence-electron chi connectivity index (χ1n) is 8.56. The van der Waals surface area contributed by atoms with E-state index in [0.29, 0.717) is 30.8 Å². The summed E-state index contributed by atoms with van der Waals surface area (Å²) in [5, 5.41) is 2.50. The van der Waals surface area contributed by atoms with Gasteiger partial charge in [0.1, 0.15) is 23.8 Å². The Hall–Kier alpha value is -3.05. The lowest BCUT2D eigenvalue weighted by atomic mass is 9.99. The van der Waals surface area contributed by atoms with Crippen LogP contribution in [0.4, 0.5) is 0 Å². The van der Waals surface area contributed by atoms with Crippen molar-refractivity contribution in [3.8, 4) is 5.75 Å². The third-order valence-corrected chi connectivity index (χ3v) is 4.90. The molecule has 0 unspecified atom stereocenters. The van der Waals surface area contributed by atoms with Crippen LogP contribution in [0.25, 0.3) is 21.7 Å². The molecule has 0 fully saturated rings. The molecule has 0 N–H and O–H groups in total. The van der Waals surface area contributed by atoms with Crippen LogP contribution in [0, 0.1) is 6.92 Å². The van der Waals surface area contributed by atoms with Gasteiger partial charge in [-0.3, -0.25) is 4.90 Å². The predicted octanol–water partition coefficient (Wildman–Crippen LogP) is 4.20. The number of hydrogen-bond acceptors (Lipinski definition) is 5. The van der Waals surface area contributed by atoms with Crippen LogP contribution in [0.5, 0.6) is 5.75 Å². The second-order valence-electron chi connectivity index (χ2n) is 6.65. The minimum Gasteiger partial charge on any atom is -0.478 e. The van der Waals surface area contributed by atoms with E-state index in [0.717, 1.165) is 33.4 Å². The fourth-order valence-corrected chi connectivity index (χ4v) is 3.71. The Bertz CT molecular complexity index is 1170. The predicted molar refractivity (Wildman–Crippen MR) is 98.2 cm³/mol. The lowest BCUT2D eigenvalue weighted by Gasteiger charge is -2.29. The fraction of sp³-hybridized carbons (Fsp3) is 0.190. The van der Waals surface area contributed by atoms with E-state index in [-0.39, 0.29) is 5.63 Å². The first-order valence-corrected chi connectivity index (χ1v) is 8.56. The summed E-state index contributed by atoms with van der Waals surface area (Å²) < 4.78 is 17.1. The Labute approximate surface area is 149 Å². The van der Waals surface area contributed by atoms with Gasteiger partial charge in [0.05, 0.1) is 23.8 Å². The van der Waals surface area contributed by atoms with E-state index in [1.165, 1.54) is 0 Å². The van der Waals surface area contributed by atoms with Gasteiger partial charge in [-0.25, -0.2) is 4.79 Å². The molecule has 0 bridgehead atoms. The number of hydrogen-bond donors (Lipinski definition) is 0. The summed E-state index contributed by atoms with van der Waals surface area (Å²) in [6.45, 7) is 3.76. The molecule has 0 radical (unpaired) electrons. The maximum atomic E-state index is 12.5. The average molecular weight is 347 g/mol. The standard InChI is InChI=1S/C21H17NO4/c1-13-9-18-17(11-22(12-25-18)10-14-5-4-8-24-14)20-19(13)15-6-2-3-7-16(15)21(23)26-20/h2-9H,10-12H2,1H3. The molecule has 0 saturated heterocycles. The van der Waals surface area contributed by atoms with E-state index in [1.54, 1.807) is 12.3 Å². The molecule has 3 heterocycles. The number of benzene rings is 2. The van der Waals surface area contributed by atoms with Crippen molar-refractivity contribution in [1.82, 2.24) is 4.90 Å². The van der Waals surface area contributed by atoms with Gasteiger partial charge in [-0.15, -0.1) is 0 Å². The van der Waals surface area contributed by atoms with Crippen molar-refractivity contribution in [3.05, 3.63) is 76.0 Å². The van der Waals surface area contributed by atoms with Crippen molar-refractivity contribution in [2.24, 2.45) is 0 Å². The molecule has 1 aliphatic heterocycles. The molecule has 2 aromatic carbocycles. The number of nitrogens with zero attached hydrogens (tertiary/aromatic N) is 1. The summed E-state index contributed by atoms with van der Waals surface area (Å²) in [6, 6.07) is 13.4. The summed E-state index contributed by atoms with van der Waals surface area (Å²) in [7, 11) is 0. The second kappa shape index (κ2) is 5.75. The van der Waals surface area contributed by atoms with Crippen LogP contribution in [-0.2, 0) is 13.1 Å². The zero-order valence-corrected chi connectivity index (χ0v) is 14.3. The number of fused-ring (bicyclic) bond motifs is 5. The Morgan fingerprint density at radius 3 is 2.77 bits per heavy atom. The van der Waals surface area contributed by atoms with Crippen molar-refractivity contribution in [3.63, 3.8) is 0 Å². The summed E-state index contributed by atoms with van der Waals surface area (Å²) in [5.41, 5.74) is 2.25. The van der Waals surface area contributed by atoms with E-state index in [9.17, 15) is 4.79 Å². The van der Waals surface area contributed by atoms with Crippen molar-refractivity contribution < 1.29 is 13.6 Å². The fourth-order valence-electron chi connectivity index (χ4n) is 3.71.